The minimum Gasteiger partial charge on any atom is -0.325 e. The number of urea groups is 1. The van der Waals surface area contributed by atoms with Crippen LogP contribution in [0.25, 0.3) is 0 Å². The summed E-state index contributed by atoms with van der Waals surface area (Å²) < 4.78 is 69.7. The van der Waals surface area contributed by atoms with Crippen molar-refractivity contribution in [3.8, 4) is 0 Å². The summed E-state index contributed by atoms with van der Waals surface area (Å²) >= 11 is 0. The molecule has 0 saturated heterocycles. The number of hydrogen-bond donors (Lipinski definition) is 1. The summed E-state index contributed by atoms with van der Waals surface area (Å²) in [6.07, 6.45) is -3.19. The van der Waals surface area contributed by atoms with Gasteiger partial charge >= 0.3 is 12.2 Å². The van der Waals surface area contributed by atoms with Crippen LogP contribution in [0.1, 0.15) is 77.0 Å². The number of carbonyl (C=O) groups is 2. The van der Waals surface area contributed by atoms with Crippen LogP contribution in [-0.2, 0) is 22.9 Å². The van der Waals surface area contributed by atoms with Crippen molar-refractivity contribution >= 4 is 11.8 Å². The monoisotopic (exact) mass is 500 g/mol. The fraction of sp³-hybridized carbons (Fsp3) is 0.615. The molecule has 3 rings (SSSR count). The first-order valence-electron chi connectivity index (χ1n) is 11.8. The van der Waals surface area contributed by atoms with Crippen molar-refractivity contribution in [2.24, 2.45) is 11.3 Å². The summed E-state index contributed by atoms with van der Waals surface area (Å²) in [5.41, 5.74) is -1.57. The van der Waals surface area contributed by atoms with Gasteiger partial charge in [-0.1, -0.05) is 32.9 Å². The number of halogens is 5. The van der Waals surface area contributed by atoms with Crippen LogP contribution in [0.2, 0.25) is 0 Å². The number of nitrogens with one attached hydrogen (secondary N) is 1. The second kappa shape index (κ2) is 9.21. The van der Waals surface area contributed by atoms with E-state index in [0.717, 1.165) is 6.07 Å². The lowest BCUT2D eigenvalue weighted by atomic mass is 9.67. The standard InChI is InChI=1S/C26H33F5N2O2/c1-16(34)9-11-33-15-21(18-13-25(27,28)14-18)24(5,32-22(33)35)19-7-6-17(8-10-23(2,3)4)20(12-19)26(29,30)31/h6-7,12,15,18H,8-11,13-14H2,1-5H3,(H,32,35)/t24-/m0/s1. The number of Topliss-reactive ketones (excluding diaryl/α,β-unsaturated/α-hetero) is 1. The van der Waals surface area contributed by atoms with Crippen molar-refractivity contribution in [3.63, 3.8) is 0 Å². The van der Waals surface area contributed by atoms with Crippen LogP contribution >= 0.6 is 0 Å². The molecule has 2 aliphatic rings. The number of aryl methyl sites for hydroxylation is 1. The Kier molecular flexibility index (Phi) is 7.14. The van der Waals surface area contributed by atoms with E-state index in [-0.39, 0.29) is 41.7 Å². The Hall–Kier alpha value is -2.45. The molecule has 35 heavy (non-hydrogen) atoms. The first kappa shape index (κ1) is 27.1. The number of nitrogens with zero attached hydrogens (tertiary/aromatic N) is 1. The highest BCUT2D eigenvalue weighted by Crippen LogP contribution is 2.52. The Bertz CT molecular complexity index is 1020. The van der Waals surface area contributed by atoms with Gasteiger partial charge in [-0.25, -0.2) is 13.6 Å². The molecule has 1 aromatic rings. The predicted molar refractivity (Wildman–Crippen MR) is 123 cm³/mol. The Morgan fingerprint density at radius 1 is 1.17 bits per heavy atom. The second-order valence-electron chi connectivity index (χ2n) is 11.2. The lowest BCUT2D eigenvalue weighted by Gasteiger charge is -2.47. The lowest BCUT2D eigenvalue weighted by molar-refractivity contribution is -0.138. The largest absolute Gasteiger partial charge is 0.416 e. The maximum atomic E-state index is 14.0. The molecule has 0 unspecified atom stereocenters. The number of benzene rings is 1. The number of ketones is 1. The molecular weight excluding hydrogens is 467 g/mol. The number of hydrogen-bond acceptors (Lipinski definition) is 2. The molecule has 4 nitrogen and oxygen atoms in total. The molecule has 1 aliphatic carbocycles. The van der Waals surface area contributed by atoms with Crippen LogP contribution in [0.3, 0.4) is 0 Å². The van der Waals surface area contributed by atoms with Gasteiger partial charge in [-0.05, 0) is 60.8 Å². The van der Waals surface area contributed by atoms with Gasteiger partial charge < -0.3 is 10.2 Å². The van der Waals surface area contributed by atoms with Crippen LogP contribution in [0.15, 0.2) is 30.0 Å². The highest BCUT2D eigenvalue weighted by Gasteiger charge is 2.53. The predicted octanol–water partition coefficient (Wildman–Crippen LogP) is 6.83. The zero-order valence-corrected chi connectivity index (χ0v) is 20.8. The fourth-order valence-electron chi connectivity index (χ4n) is 4.67. The molecule has 0 bridgehead atoms. The van der Waals surface area contributed by atoms with Gasteiger partial charge in [-0.2, -0.15) is 13.2 Å². The van der Waals surface area contributed by atoms with Gasteiger partial charge in [0, 0.05) is 32.0 Å². The van der Waals surface area contributed by atoms with E-state index in [9.17, 15) is 31.5 Å². The summed E-state index contributed by atoms with van der Waals surface area (Å²) in [6, 6.07) is 3.42. The van der Waals surface area contributed by atoms with Crippen molar-refractivity contribution in [3.05, 3.63) is 46.7 Å². The maximum absolute atomic E-state index is 14.0. The van der Waals surface area contributed by atoms with Gasteiger partial charge in [-0.15, -0.1) is 0 Å². The first-order valence-corrected chi connectivity index (χ1v) is 11.8. The topological polar surface area (TPSA) is 49.4 Å². The number of amides is 2. The van der Waals surface area contributed by atoms with Crippen molar-refractivity contribution in [2.45, 2.75) is 84.4 Å². The third-order valence-corrected chi connectivity index (χ3v) is 6.86. The normalized spacial score (nSPS) is 23.0. The van der Waals surface area contributed by atoms with Crippen LogP contribution < -0.4 is 5.32 Å². The average Bonchev–Trinajstić information content (AvgIpc) is 2.68. The van der Waals surface area contributed by atoms with E-state index in [1.165, 1.54) is 24.1 Å². The van der Waals surface area contributed by atoms with Crippen LogP contribution in [0, 0.1) is 11.3 Å². The minimum atomic E-state index is -4.61. The second-order valence-corrected chi connectivity index (χ2v) is 11.2. The summed E-state index contributed by atoms with van der Waals surface area (Å²) in [7, 11) is 0. The van der Waals surface area contributed by atoms with Crippen molar-refractivity contribution in [2.75, 3.05) is 6.54 Å². The molecule has 1 heterocycles. The molecular formula is C26H33F5N2O2. The zero-order chi connectivity index (χ0) is 26.4. The van der Waals surface area contributed by atoms with Crippen molar-refractivity contribution < 1.29 is 31.5 Å². The van der Waals surface area contributed by atoms with Gasteiger partial charge in [0.15, 0.2) is 0 Å². The SMILES string of the molecule is CC(=O)CCN1C=C(C2CC(F)(F)C2)[C@](C)(c2ccc(CCC(C)(C)C)c(C(F)(F)F)c2)NC1=O. The highest BCUT2D eigenvalue weighted by atomic mass is 19.4. The molecule has 1 saturated carbocycles. The molecule has 1 fully saturated rings. The lowest BCUT2D eigenvalue weighted by Crippen LogP contribution is -2.57. The third-order valence-electron chi connectivity index (χ3n) is 6.86. The van der Waals surface area contributed by atoms with Gasteiger partial charge in [0.05, 0.1) is 11.1 Å². The Morgan fingerprint density at radius 2 is 1.80 bits per heavy atom. The summed E-state index contributed by atoms with van der Waals surface area (Å²) in [4.78, 5) is 25.5. The van der Waals surface area contributed by atoms with Gasteiger partial charge in [0.1, 0.15) is 5.78 Å². The molecule has 9 heteroatoms. The molecule has 0 radical (unpaired) electrons. The van der Waals surface area contributed by atoms with Crippen LogP contribution in [-0.4, -0.2) is 29.2 Å². The van der Waals surface area contributed by atoms with E-state index in [2.05, 4.69) is 5.32 Å². The van der Waals surface area contributed by atoms with Crippen molar-refractivity contribution in [1.82, 2.24) is 10.2 Å². The van der Waals surface area contributed by atoms with E-state index in [1.807, 2.05) is 20.8 Å². The molecule has 0 spiro atoms. The molecule has 1 aromatic carbocycles. The summed E-state index contributed by atoms with van der Waals surface area (Å²) in [5.74, 6) is -3.60. The molecule has 1 aliphatic heterocycles. The quantitative estimate of drug-likeness (QED) is 0.417. The zero-order valence-electron chi connectivity index (χ0n) is 20.8. The van der Waals surface area contributed by atoms with E-state index in [1.54, 1.807) is 13.0 Å². The molecule has 1 N–H and O–H groups in total. The summed E-state index contributed by atoms with van der Waals surface area (Å²) in [5, 5.41) is 2.76. The van der Waals surface area contributed by atoms with Crippen LogP contribution in [0.4, 0.5) is 26.7 Å². The van der Waals surface area contributed by atoms with E-state index in [0.29, 0.717) is 12.0 Å². The average molecular weight is 501 g/mol. The first-order chi connectivity index (χ1) is 15.9. The third kappa shape index (κ3) is 6.22. The maximum Gasteiger partial charge on any atom is 0.416 e. The van der Waals surface area contributed by atoms with Gasteiger partial charge in [0.25, 0.3) is 0 Å². The Labute approximate surface area is 202 Å². The Balaban J connectivity index is 2.05. The molecule has 194 valence electrons. The van der Waals surface area contributed by atoms with Crippen LogP contribution in [0.5, 0.6) is 0 Å². The van der Waals surface area contributed by atoms with E-state index in [4.69, 9.17) is 0 Å². The Morgan fingerprint density at radius 3 is 2.31 bits per heavy atom. The van der Waals surface area contributed by atoms with Gasteiger partial charge in [0.2, 0.25) is 5.92 Å². The number of carbonyl (C=O) groups excluding carboxylic acids is 2. The highest BCUT2D eigenvalue weighted by molar-refractivity contribution is 5.81. The fourth-order valence-corrected chi connectivity index (χ4v) is 4.67. The van der Waals surface area contributed by atoms with Gasteiger partial charge in [-0.3, -0.25) is 4.79 Å². The number of alkyl halides is 5. The van der Waals surface area contributed by atoms with Crippen molar-refractivity contribution in [1.29, 1.82) is 0 Å². The van der Waals surface area contributed by atoms with E-state index < -0.39 is 48.0 Å². The molecule has 1 atom stereocenters. The van der Waals surface area contributed by atoms with E-state index >= 15 is 0 Å². The molecule has 2 amide bonds. The number of rotatable bonds is 7. The smallest absolute Gasteiger partial charge is 0.325 e. The molecule has 0 aromatic heterocycles. The minimum absolute atomic E-state index is 0.0589. The summed E-state index contributed by atoms with van der Waals surface area (Å²) in [6.45, 7) is 8.86.